The van der Waals surface area contributed by atoms with E-state index in [1.807, 2.05) is 56.3 Å². The summed E-state index contributed by atoms with van der Waals surface area (Å²) in [4.78, 5) is 23.7. The number of carbonyl (C=O) groups excluding carboxylic acids is 1. The second-order valence-corrected chi connectivity index (χ2v) is 9.19. The van der Waals surface area contributed by atoms with Gasteiger partial charge in [0.25, 0.3) is 5.91 Å². The standard InChI is InChI=1S/C27H28Cl2N2O3/c1-5-24(19-9-10-22(28)23(29)14-19)31-21-8-6-7-18(13-21)20-11-15(2)25(16(3)12-20)26(32)30-17(4)27(33)34/h6-14,17,24,31H,5H2,1-4H3,(H,30,32)(H,33,34). The van der Waals surface area contributed by atoms with Crippen LogP contribution in [0.5, 0.6) is 0 Å². The molecule has 3 N–H and O–H groups in total. The van der Waals surface area contributed by atoms with E-state index in [9.17, 15) is 9.59 Å². The lowest BCUT2D eigenvalue weighted by Crippen LogP contribution is -2.38. The zero-order valence-corrected chi connectivity index (χ0v) is 21.1. The number of nitrogens with one attached hydrogen (secondary N) is 2. The minimum Gasteiger partial charge on any atom is -0.480 e. The van der Waals surface area contributed by atoms with Crippen LogP contribution in [-0.4, -0.2) is 23.0 Å². The second-order valence-electron chi connectivity index (χ2n) is 8.38. The molecular formula is C27H28Cl2N2O3. The van der Waals surface area contributed by atoms with Crippen LogP contribution in [0, 0.1) is 13.8 Å². The Morgan fingerprint density at radius 2 is 1.62 bits per heavy atom. The third kappa shape index (κ3) is 5.91. The number of carboxylic acids is 1. The molecule has 3 aromatic carbocycles. The summed E-state index contributed by atoms with van der Waals surface area (Å²) < 4.78 is 0. The van der Waals surface area contributed by atoms with E-state index < -0.39 is 12.0 Å². The molecule has 1 amide bonds. The number of aliphatic carboxylic acids is 1. The summed E-state index contributed by atoms with van der Waals surface area (Å²) >= 11 is 12.3. The van der Waals surface area contributed by atoms with Crippen molar-refractivity contribution < 1.29 is 14.7 Å². The number of hydrogen-bond acceptors (Lipinski definition) is 3. The molecule has 3 aromatic rings. The van der Waals surface area contributed by atoms with Gasteiger partial charge in [-0.25, -0.2) is 0 Å². The van der Waals surface area contributed by atoms with Gasteiger partial charge >= 0.3 is 5.97 Å². The van der Waals surface area contributed by atoms with Crippen molar-refractivity contribution in [3.63, 3.8) is 0 Å². The van der Waals surface area contributed by atoms with Crippen LogP contribution in [0.1, 0.15) is 53.4 Å². The van der Waals surface area contributed by atoms with E-state index in [0.717, 1.165) is 39.9 Å². The molecule has 5 nitrogen and oxygen atoms in total. The number of rotatable bonds is 8. The highest BCUT2D eigenvalue weighted by Gasteiger charge is 2.19. The molecule has 34 heavy (non-hydrogen) atoms. The van der Waals surface area contributed by atoms with Gasteiger partial charge in [0, 0.05) is 11.3 Å². The molecule has 2 atom stereocenters. The predicted octanol–water partition coefficient (Wildman–Crippen LogP) is 7.04. The Morgan fingerprint density at radius 1 is 0.941 bits per heavy atom. The van der Waals surface area contributed by atoms with Gasteiger partial charge in [0.1, 0.15) is 6.04 Å². The first kappa shape index (κ1) is 25.6. The zero-order valence-electron chi connectivity index (χ0n) is 19.6. The largest absolute Gasteiger partial charge is 0.480 e. The third-order valence-electron chi connectivity index (χ3n) is 5.77. The summed E-state index contributed by atoms with van der Waals surface area (Å²) in [7, 11) is 0. The van der Waals surface area contributed by atoms with E-state index in [-0.39, 0.29) is 11.9 Å². The van der Waals surface area contributed by atoms with Crippen molar-refractivity contribution in [3.05, 3.63) is 86.9 Å². The lowest BCUT2D eigenvalue weighted by molar-refractivity contribution is -0.138. The van der Waals surface area contributed by atoms with Crippen LogP contribution in [0.25, 0.3) is 11.1 Å². The lowest BCUT2D eigenvalue weighted by atomic mass is 9.94. The van der Waals surface area contributed by atoms with Crippen molar-refractivity contribution in [1.82, 2.24) is 5.32 Å². The van der Waals surface area contributed by atoms with Crippen LogP contribution in [0.15, 0.2) is 54.6 Å². The number of benzene rings is 3. The first-order valence-corrected chi connectivity index (χ1v) is 11.8. The monoisotopic (exact) mass is 498 g/mol. The highest BCUT2D eigenvalue weighted by atomic mass is 35.5. The smallest absolute Gasteiger partial charge is 0.325 e. The molecule has 0 aliphatic carbocycles. The van der Waals surface area contributed by atoms with Crippen molar-refractivity contribution in [2.75, 3.05) is 5.32 Å². The summed E-state index contributed by atoms with van der Waals surface area (Å²) in [6.45, 7) is 7.26. The molecule has 0 fully saturated rings. The fourth-order valence-corrected chi connectivity index (χ4v) is 4.27. The summed E-state index contributed by atoms with van der Waals surface area (Å²) in [6.07, 6.45) is 0.860. The molecular weight excluding hydrogens is 471 g/mol. The topological polar surface area (TPSA) is 78.4 Å². The first-order valence-electron chi connectivity index (χ1n) is 11.1. The fraction of sp³-hybridized carbons (Fsp3) is 0.259. The van der Waals surface area contributed by atoms with Crippen LogP contribution in [0.2, 0.25) is 10.0 Å². The van der Waals surface area contributed by atoms with Crippen LogP contribution >= 0.6 is 23.2 Å². The van der Waals surface area contributed by atoms with Gasteiger partial charge < -0.3 is 15.7 Å². The highest BCUT2D eigenvalue weighted by molar-refractivity contribution is 6.42. The van der Waals surface area contributed by atoms with Gasteiger partial charge in [0.2, 0.25) is 0 Å². The molecule has 0 radical (unpaired) electrons. The molecule has 3 rings (SSSR count). The average Bonchev–Trinajstić information content (AvgIpc) is 2.79. The van der Waals surface area contributed by atoms with E-state index in [1.165, 1.54) is 6.92 Å². The minimum atomic E-state index is -1.07. The van der Waals surface area contributed by atoms with Gasteiger partial charge in [-0.1, -0.05) is 60.5 Å². The Bertz CT molecular complexity index is 1200. The summed E-state index contributed by atoms with van der Waals surface area (Å²) in [5.74, 6) is -1.46. The molecule has 0 spiro atoms. The van der Waals surface area contributed by atoms with Gasteiger partial charge in [0.05, 0.1) is 16.1 Å². The SMILES string of the molecule is CCC(Nc1cccc(-c2cc(C)c(C(=O)NC(C)C(=O)O)c(C)c2)c1)c1ccc(Cl)c(Cl)c1. The molecule has 0 heterocycles. The Balaban J connectivity index is 1.86. The second kappa shape index (κ2) is 10.9. The maximum atomic E-state index is 12.6. The van der Waals surface area contributed by atoms with Crippen LogP contribution < -0.4 is 10.6 Å². The zero-order chi connectivity index (χ0) is 25.0. The van der Waals surface area contributed by atoms with Gasteiger partial charge in [-0.2, -0.15) is 0 Å². The number of carbonyl (C=O) groups is 2. The molecule has 0 saturated carbocycles. The number of hydrogen-bond donors (Lipinski definition) is 3. The van der Waals surface area contributed by atoms with Gasteiger partial charge in [-0.3, -0.25) is 9.59 Å². The maximum Gasteiger partial charge on any atom is 0.325 e. The number of anilines is 1. The van der Waals surface area contributed by atoms with Gasteiger partial charge in [0.15, 0.2) is 0 Å². The number of halogens is 2. The highest BCUT2D eigenvalue weighted by Crippen LogP contribution is 2.31. The molecule has 0 aliphatic heterocycles. The molecule has 0 saturated heterocycles. The first-order chi connectivity index (χ1) is 16.1. The normalized spacial score (nSPS) is 12.6. The van der Waals surface area contributed by atoms with Crippen LogP contribution in [-0.2, 0) is 4.79 Å². The van der Waals surface area contributed by atoms with Crippen molar-refractivity contribution >= 4 is 40.8 Å². The van der Waals surface area contributed by atoms with E-state index in [2.05, 4.69) is 23.6 Å². The Hall–Kier alpha value is -3.02. The summed E-state index contributed by atoms with van der Waals surface area (Å²) in [5, 5.41) is 16.2. The lowest BCUT2D eigenvalue weighted by Gasteiger charge is -2.20. The van der Waals surface area contributed by atoms with Crippen LogP contribution in [0.4, 0.5) is 5.69 Å². The van der Waals surface area contributed by atoms with Crippen molar-refractivity contribution in [2.45, 2.75) is 46.2 Å². The van der Waals surface area contributed by atoms with Gasteiger partial charge in [-0.15, -0.1) is 0 Å². The van der Waals surface area contributed by atoms with E-state index in [0.29, 0.717) is 15.6 Å². The summed E-state index contributed by atoms with van der Waals surface area (Å²) in [5.41, 5.74) is 6.06. The fourth-order valence-electron chi connectivity index (χ4n) is 3.96. The molecule has 178 valence electrons. The predicted molar refractivity (Wildman–Crippen MR) is 139 cm³/mol. The molecule has 2 unspecified atom stereocenters. The Kier molecular flexibility index (Phi) is 8.24. The van der Waals surface area contributed by atoms with E-state index >= 15 is 0 Å². The average molecular weight is 499 g/mol. The molecule has 0 aromatic heterocycles. The van der Waals surface area contributed by atoms with Crippen molar-refractivity contribution in [2.24, 2.45) is 0 Å². The number of carboxylic acid groups (broad SMARTS) is 1. The van der Waals surface area contributed by atoms with Gasteiger partial charge in [-0.05, 0) is 79.3 Å². The van der Waals surface area contributed by atoms with Crippen molar-refractivity contribution in [3.8, 4) is 11.1 Å². The Labute approximate surface area is 210 Å². The molecule has 7 heteroatoms. The Morgan fingerprint density at radius 3 is 2.21 bits per heavy atom. The molecule has 0 bridgehead atoms. The number of aryl methyl sites for hydroxylation is 2. The van der Waals surface area contributed by atoms with Crippen molar-refractivity contribution in [1.29, 1.82) is 0 Å². The molecule has 0 aliphatic rings. The van der Waals surface area contributed by atoms with E-state index in [4.69, 9.17) is 28.3 Å². The third-order valence-corrected chi connectivity index (χ3v) is 6.51. The minimum absolute atomic E-state index is 0.0655. The quantitative estimate of drug-likeness (QED) is 0.311. The van der Waals surface area contributed by atoms with Crippen LogP contribution in [0.3, 0.4) is 0 Å². The summed E-state index contributed by atoms with van der Waals surface area (Å²) in [6, 6.07) is 16.7. The number of amides is 1. The van der Waals surface area contributed by atoms with E-state index in [1.54, 1.807) is 6.07 Å². The maximum absolute atomic E-state index is 12.6.